The molecule has 18 nitrogen and oxygen atoms in total. The second-order valence-corrected chi connectivity index (χ2v) is 10.8. The van der Waals surface area contributed by atoms with E-state index in [1.165, 1.54) is 24.3 Å². The summed E-state index contributed by atoms with van der Waals surface area (Å²) in [6.45, 7) is 0.466. The van der Waals surface area contributed by atoms with Crippen LogP contribution in [0.3, 0.4) is 0 Å². The predicted octanol–water partition coefficient (Wildman–Crippen LogP) is -1.57. The Morgan fingerprint density at radius 3 is 0.865 bits per heavy atom. The predicted molar refractivity (Wildman–Crippen MR) is 180 cm³/mol. The van der Waals surface area contributed by atoms with Crippen LogP contribution in [0.15, 0.2) is 48.6 Å². The lowest BCUT2D eigenvalue weighted by Crippen LogP contribution is -2.54. The molecule has 0 aromatic carbocycles. The summed E-state index contributed by atoms with van der Waals surface area (Å²) in [6, 6.07) is 0. The van der Waals surface area contributed by atoms with Gasteiger partial charge >= 0.3 is 23.9 Å². The summed E-state index contributed by atoms with van der Waals surface area (Å²) in [5.74, 6) is -2.94. The molecular weight excluding hydrogens is 696 g/mol. The summed E-state index contributed by atoms with van der Waals surface area (Å²) in [7, 11) is 0. The highest BCUT2D eigenvalue weighted by Gasteiger charge is 2.39. The highest BCUT2D eigenvalue weighted by atomic mass is 16.6. The van der Waals surface area contributed by atoms with Crippen molar-refractivity contribution in [3.05, 3.63) is 48.6 Å². The molecule has 0 aromatic rings. The van der Waals surface area contributed by atoms with Gasteiger partial charge < -0.3 is 68.5 Å². The van der Waals surface area contributed by atoms with E-state index in [1.807, 2.05) is 0 Å². The van der Waals surface area contributed by atoms with Gasteiger partial charge in [0.05, 0.1) is 39.6 Å². The van der Waals surface area contributed by atoms with Crippen LogP contribution in [0.2, 0.25) is 0 Å². The molecule has 0 fully saturated rings. The van der Waals surface area contributed by atoms with Gasteiger partial charge in [-0.05, 0) is 27.7 Å². The van der Waals surface area contributed by atoms with Crippen LogP contribution in [0.25, 0.3) is 0 Å². The quantitative estimate of drug-likeness (QED) is 0.0287. The Hall–Kier alpha value is -3.56. The zero-order valence-corrected chi connectivity index (χ0v) is 29.9. The maximum Gasteiger partial charge on any atom is 0.330 e. The van der Waals surface area contributed by atoms with Crippen LogP contribution in [0.4, 0.5) is 0 Å². The molecule has 298 valence electrons. The molecule has 0 aliphatic rings. The van der Waals surface area contributed by atoms with E-state index in [9.17, 15) is 49.8 Å². The fourth-order valence-corrected chi connectivity index (χ4v) is 3.89. The first-order valence-corrected chi connectivity index (χ1v) is 16.4. The molecular formula is C34H54O18. The Morgan fingerprint density at radius 2 is 0.654 bits per heavy atom. The van der Waals surface area contributed by atoms with Crippen molar-refractivity contribution >= 4 is 23.9 Å². The largest absolute Gasteiger partial charge is 0.460 e. The van der Waals surface area contributed by atoms with Crippen LogP contribution in [0, 0.1) is 0 Å². The zero-order valence-electron chi connectivity index (χ0n) is 29.9. The molecule has 6 N–H and O–H groups in total. The fraction of sp³-hybridized carbons (Fsp3) is 0.647. The molecule has 0 saturated carbocycles. The number of aliphatic hydroxyl groups excluding tert-OH is 6. The molecule has 0 aromatic heterocycles. The highest BCUT2D eigenvalue weighted by molar-refractivity contribution is 5.82. The average Bonchev–Trinajstić information content (AvgIpc) is 3.11. The fourth-order valence-electron chi connectivity index (χ4n) is 3.89. The van der Waals surface area contributed by atoms with E-state index >= 15 is 0 Å². The van der Waals surface area contributed by atoms with Gasteiger partial charge in [0.1, 0.15) is 75.3 Å². The first kappa shape index (κ1) is 48.4. The number of ether oxygens (including phenoxy) is 8. The molecule has 0 spiro atoms. The second-order valence-electron chi connectivity index (χ2n) is 10.8. The molecule has 0 saturated heterocycles. The third-order valence-electron chi connectivity index (χ3n) is 6.27. The summed E-state index contributed by atoms with van der Waals surface area (Å²) < 4.78 is 42.8. The normalized spacial score (nSPS) is 16.7. The van der Waals surface area contributed by atoms with Gasteiger partial charge in [-0.1, -0.05) is 24.3 Å². The second kappa shape index (κ2) is 30.0. The number of aliphatic hydroxyl groups is 6. The van der Waals surface area contributed by atoms with Crippen molar-refractivity contribution in [3.63, 3.8) is 0 Å². The number of carbonyl (C=O) groups is 4. The standard InChI is InChI=1S/C34H54O18/c1-5-9-29(41)47-17-23(37)15-45-27(13-35)33(51-21-25(39)19-49-31(43)11-7-3)34(52-22-26(40)20-50-32(44)12-8-4)28(14-36)46-16-24(38)18-48-30(42)10-6-2/h5-12,23-28,33-40H,13-22H2,1-4H3/t23?,24?,25?,26?,27-,28-,33-,34-/m1/s1. The van der Waals surface area contributed by atoms with E-state index in [0.717, 1.165) is 24.3 Å². The zero-order chi connectivity index (χ0) is 39.3. The summed E-state index contributed by atoms with van der Waals surface area (Å²) in [5, 5.41) is 62.5. The number of esters is 4. The van der Waals surface area contributed by atoms with Crippen molar-refractivity contribution in [2.75, 3.05) is 66.1 Å². The molecule has 0 aliphatic carbocycles. The van der Waals surface area contributed by atoms with Crippen molar-refractivity contribution in [2.45, 2.75) is 76.5 Å². The molecule has 0 bridgehead atoms. The van der Waals surface area contributed by atoms with Crippen molar-refractivity contribution in [2.24, 2.45) is 0 Å². The Bertz CT molecular complexity index is 1040. The molecule has 4 unspecified atom stereocenters. The van der Waals surface area contributed by atoms with Gasteiger partial charge in [0, 0.05) is 24.3 Å². The van der Waals surface area contributed by atoms with Crippen molar-refractivity contribution < 1.29 is 87.7 Å². The van der Waals surface area contributed by atoms with Crippen LogP contribution in [-0.2, 0) is 57.1 Å². The van der Waals surface area contributed by atoms with E-state index < -0.39 is 139 Å². The maximum atomic E-state index is 11.7. The number of allylic oxidation sites excluding steroid dienone is 4. The molecule has 52 heavy (non-hydrogen) atoms. The Balaban J connectivity index is 6.32. The lowest BCUT2D eigenvalue weighted by Gasteiger charge is -2.37. The monoisotopic (exact) mass is 750 g/mol. The third kappa shape index (κ3) is 23.1. The van der Waals surface area contributed by atoms with Crippen LogP contribution >= 0.6 is 0 Å². The number of carbonyl (C=O) groups excluding carboxylic acids is 4. The van der Waals surface area contributed by atoms with Crippen molar-refractivity contribution in [1.82, 2.24) is 0 Å². The van der Waals surface area contributed by atoms with Gasteiger partial charge in [-0.15, -0.1) is 0 Å². The van der Waals surface area contributed by atoms with Gasteiger partial charge in [0.2, 0.25) is 0 Å². The van der Waals surface area contributed by atoms with Gasteiger partial charge in [-0.3, -0.25) is 0 Å². The number of hydrogen-bond donors (Lipinski definition) is 6. The smallest absolute Gasteiger partial charge is 0.330 e. The first-order valence-electron chi connectivity index (χ1n) is 16.4. The molecule has 8 atom stereocenters. The van der Waals surface area contributed by atoms with E-state index in [-0.39, 0.29) is 0 Å². The van der Waals surface area contributed by atoms with Gasteiger partial charge in [0.25, 0.3) is 0 Å². The van der Waals surface area contributed by atoms with Crippen molar-refractivity contribution in [3.8, 4) is 0 Å². The van der Waals surface area contributed by atoms with E-state index in [4.69, 9.17) is 37.9 Å². The highest BCUT2D eigenvalue weighted by Crippen LogP contribution is 2.20. The van der Waals surface area contributed by atoms with E-state index in [1.54, 1.807) is 27.7 Å². The van der Waals surface area contributed by atoms with E-state index in [2.05, 4.69) is 0 Å². The van der Waals surface area contributed by atoms with Crippen molar-refractivity contribution in [1.29, 1.82) is 0 Å². The molecule has 0 aliphatic heterocycles. The van der Waals surface area contributed by atoms with Crippen LogP contribution in [0.5, 0.6) is 0 Å². The minimum absolute atomic E-state index is 0.486. The molecule has 0 heterocycles. The molecule has 18 heteroatoms. The van der Waals surface area contributed by atoms with Crippen LogP contribution in [-0.4, -0.2) is 169 Å². The SMILES string of the molecule is CC=CC(=O)OCC(O)CO[C@@H]([C@H](OCC(O)COC(=O)C=CC)[C@@H](CO)OCC(O)COC(=O)C=CC)[C@@H](CO)OCC(O)COC(=O)C=CC. The first-order chi connectivity index (χ1) is 24.8. The number of hydrogen-bond acceptors (Lipinski definition) is 18. The minimum atomic E-state index is -1.51. The number of rotatable bonds is 29. The molecule has 0 amide bonds. The molecule has 0 radical (unpaired) electrons. The lowest BCUT2D eigenvalue weighted by molar-refractivity contribution is -0.213. The van der Waals surface area contributed by atoms with Gasteiger partial charge in [0.15, 0.2) is 0 Å². The maximum absolute atomic E-state index is 11.7. The Labute approximate surface area is 302 Å². The average molecular weight is 751 g/mol. The Morgan fingerprint density at radius 1 is 0.423 bits per heavy atom. The topological polar surface area (TPSA) is 263 Å². The minimum Gasteiger partial charge on any atom is -0.460 e. The van der Waals surface area contributed by atoms with Gasteiger partial charge in [-0.25, -0.2) is 19.2 Å². The van der Waals surface area contributed by atoms with Gasteiger partial charge in [-0.2, -0.15) is 0 Å². The summed E-state index contributed by atoms with van der Waals surface area (Å²) >= 11 is 0. The molecule has 0 rings (SSSR count). The Kier molecular flexibility index (Phi) is 27.9. The summed E-state index contributed by atoms with van der Waals surface area (Å²) in [6.07, 6.45) is -1.32. The van der Waals surface area contributed by atoms with Crippen LogP contribution < -0.4 is 0 Å². The lowest BCUT2D eigenvalue weighted by atomic mass is 10.0. The third-order valence-corrected chi connectivity index (χ3v) is 6.27. The summed E-state index contributed by atoms with van der Waals surface area (Å²) in [5.41, 5.74) is 0. The summed E-state index contributed by atoms with van der Waals surface area (Å²) in [4.78, 5) is 46.8. The van der Waals surface area contributed by atoms with Crippen LogP contribution in [0.1, 0.15) is 27.7 Å². The van der Waals surface area contributed by atoms with E-state index in [0.29, 0.717) is 0 Å².